The average Bonchev–Trinajstić information content (AvgIpc) is 2.46. The van der Waals surface area contributed by atoms with Gasteiger partial charge in [-0.05, 0) is 44.4 Å². The molecule has 2 nitrogen and oxygen atoms in total. The summed E-state index contributed by atoms with van der Waals surface area (Å²) in [5.74, 6) is -0.0844. The van der Waals surface area contributed by atoms with Crippen molar-refractivity contribution in [2.24, 2.45) is 0 Å². The fourth-order valence-electron chi connectivity index (χ4n) is 2.98. The van der Waals surface area contributed by atoms with Crippen LogP contribution in [0.4, 0.5) is 10.1 Å². The summed E-state index contributed by atoms with van der Waals surface area (Å²) in [7, 11) is 0. The van der Waals surface area contributed by atoms with E-state index >= 15 is 0 Å². The zero-order valence-electron chi connectivity index (χ0n) is 12.1. The summed E-state index contributed by atoms with van der Waals surface area (Å²) in [4.78, 5) is 2.42. The van der Waals surface area contributed by atoms with Crippen molar-refractivity contribution < 1.29 is 4.39 Å². The van der Waals surface area contributed by atoms with Gasteiger partial charge < -0.3 is 10.2 Å². The minimum atomic E-state index is -0.0844. The van der Waals surface area contributed by atoms with E-state index in [1.165, 1.54) is 19.3 Å². The first-order valence-corrected chi connectivity index (χ1v) is 7.52. The molecule has 0 aliphatic carbocycles. The molecule has 0 radical (unpaired) electrons. The van der Waals surface area contributed by atoms with E-state index in [1.807, 2.05) is 6.07 Å². The van der Waals surface area contributed by atoms with Gasteiger partial charge in [-0.1, -0.05) is 19.9 Å². The van der Waals surface area contributed by atoms with E-state index in [4.69, 9.17) is 0 Å². The molecule has 19 heavy (non-hydrogen) atoms. The monoisotopic (exact) mass is 264 g/mol. The summed E-state index contributed by atoms with van der Waals surface area (Å²) in [6.07, 6.45) is 4.88. The van der Waals surface area contributed by atoms with Crippen LogP contribution in [0.2, 0.25) is 0 Å². The number of nitrogens with zero attached hydrogens (tertiary/aromatic N) is 1. The zero-order chi connectivity index (χ0) is 13.7. The Morgan fingerprint density at radius 2 is 2.16 bits per heavy atom. The number of hydrogen-bond donors (Lipinski definition) is 1. The largest absolute Gasteiger partial charge is 0.368 e. The number of halogens is 1. The van der Waals surface area contributed by atoms with E-state index in [9.17, 15) is 4.39 Å². The van der Waals surface area contributed by atoms with Crippen LogP contribution in [0.15, 0.2) is 18.2 Å². The molecule has 1 aliphatic heterocycles. The van der Waals surface area contributed by atoms with Crippen LogP contribution in [-0.4, -0.2) is 19.1 Å². The summed E-state index contributed by atoms with van der Waals surface area (Å²) >= 11 is 0. The molecule has 0 saturated carbocycles. The summed E-state index contributed by atoms with van der Waals surface area (Å²) in [5, 5.41) is 3.25. The molecule has 1 aromatic rings. The fourth-order valence-corrected chi connectivity index (χ4v) is 2.98. The maximum atomic E-state index is 14.1. The Morgan fingerprint density at radius 1 is 1.32 bits per heavy atom. The number of rotatable bonds is 5. The molecule has 1 aromatic carbocycles. The Bertz CT molecular complexity index is 406. The number of hydrogen-bond acceptors (Lipinski definition) is 2. The van der Waals surface area contributed by atoms with E-state index in [-0.39, 0.29) is 5.82 Å². The van der Waals surface area contributed by atoms with Crippen LogP contribution in [0.5, 0.6) is 0 Å². The predicted molar refractivity (Wildman–Crippen MR) is 79.1 cm³/mol. The molecule has 2 rings (SSSR count). The number of benzene rings is 1. The van der Waals surface area contributed by atoms with Gasteiger partial charge in [0, 0.05) is 30.4 Å². The Kier molecular flexibility index (Phi) is 5.20. The van der Waals surface area contributed by atoms with E-state index in [2.05, 4.69) is 30.1 Å². The lowest BCUT2D eigenvalue weighted by molar-refractivity contribution is 0.447. The van der Waals surface area contributed by atoms with Crippen LogP contribution in [0.1, 0.15) is 45.1 Å². The van der Waals surface area contributed by atoms with Crippen molar-refractivity contribution in [3.05, 3.63) is 29.6 Å². The van der Waals surface area contributed by atoms with Gasteiger partial charge in [0.15, 0.2) is 0 Å². The zero-order valence-corrected chi connectivity index (χ0v) is 12.1. The molecule has 1 atom stereocenters. The van der Waals surface area contributed by atoms with E-state index in [1.54, 1.807) is 6.07 Å². The molecule has 1 unspecified atom stereocenters. The average molecular weight is 264 g/mol. The highest BCUT2D eigenvalue weighted by molar-refractivity contribution is 5.55. The van der Waals surface area contributed by atoms with Crippen LogP contribution in [0, 0.1) is 5.82 Å². The molecule has 0 aromatic heterocycles. The molecule has 1 saturated heterocycles. The van der Waals surface area contributed by atoms with E-state index < -0.39 is 0 Å². The molecule has 0 amide bonds. The number of piperidine rings is 1. The first-order valence-electron chi connectivity index (χ1n) is 7.52. The van der Waals surface area contributed by atoms with Crippen molar-refractivity contribution in [3.63, 3.8) is 0 Å². The standard InChI is InChI=1S/C16H25FN2/c1-3-13-8-5-6-11-19(13)16-10-7-9-15(17)14(16)12-18-4-2/h7,9-10,13,18H,3-6,8,11-12H2,1-2H3. The number of nitrogens with one attached hydrogen (secondary N) is 1. The van der Waals surface area contributed by atoms with Crippen molar-refractivity contribution in [2.45, 2.75) is 52.1 Å². The third kappa shape index (κ3) is 3.27. The third-order valence-corrected chi connectivity index (χ3v) is 4.05. The highest BCUT2D eigenvalue weighted by atomic mass is 19.1. The fraction of sp³-hybridized carbons (Fsp3) is 0.625. The summed E-state index contributed by atoms with van der Waals surface area (Å²) in [6.45, 7) is 6.82. The van der Waals surface area contributed by atoms with Gasteiger partial charge in [0.05, 0.1) is 0 Å². The van der Waals surface area contributed by atoms with Gasteiger partial charge in [-0.25, -0.2) is 4.39 Å². The van der Waals surface area contributed by atoms with Gasteiger partial charge in [0.2, 0.25) is 0 Å². The second-order valence-corrected chi connectivity index (χ2v) is 5.27. The van der Waals surface area contributed by atoms with Crippen molar-refractivity contribution >= 4 is 5.69 Å². The van der Waals surface area contributed by atoms with Crippen LogP contribution in [-0.2, 0) is 6.54 Å². The lowest BCUT2D eigenvalue weighted by Crippen LogP contribution is -2.40. The molecule has 106 valence electrons. The first-order chi connectivity index (χ1) is 9.27. The molecule has 1 N–H and O–H groups in total. The lowest BCUT2D eigenvalue weighted by Gasteiger charge is -2.38. The maximum absolute atomic E-state index is 14.1. The Labute approximate surface area is 116 Å². The normalized spacial score (nSPS) is 19.7. The lowest BCUT2D eigenvalue weighted by atomic mass is 9.97. The van der Waals surface area contributed by atoms with Gasteiger partial charge in [0.25, 0.3) is 0 Å². The van der Waals surface area contributed by atoms with Gasteiger partial charge in [-0.15, -0.1) is 0 Å². The quantitative estimate of drug-likeness (QED) is 0.872. The second kappa shape index (κ2) is 6.90. The molecular formula is C16H25FN2. The maximum Gasteiger partial charge on any atom is 0.129 e. The SMILES string of the molecule is CCNCc1c(F)cccc1N1CCCCC1CC. The molecule has 0 spiro atoms. The molecule has 3 heteroatoms. The van der Waals surface area contributed by atoms with Crippen molar-refractivity contribution in [1.82, 2.24) is 5.32 Å². The minimum absolute atomic E-state index is 0.0844. The third-order valence-electron chi connectivity index (χ3n) is 4.05. The minimum Gasteiger partial charge on any atom is -0.368 e. The van der Waals surface area contributed by atoms with Crippen LogP contribution in [0.25, 0.3) is 0 Å². The van der Waals surface area contributed by atoms with Crippen LogP contribution < -0.4 is 10.2 Å². The van der Waals surface area contributed by atoms with Crippen molar-refractivity contribution in [3.8, 4) is 0 Å². The molecule has 1 aliphatic rings. The molecular weight excluding hydrogens is 239 g/mol. The topological polar surface area (TPSA) is 15.3 Å². The van der Waals surface area contributed by atoms with E-state index in [0.717, 1.165) is 30.8 Å². The number of anilines is 1. The van der Waals surface area contributed by atoms with Gasteiger partial charge in [0.1, 0.15) is 5.82 Å². The molecule has 1 fully saturated rings. The molecule has 0 bridgehead atoms. The Hall–Kier alpha value is -1.09. The Morgan fingerprint density at radius 3 is 2.89 bits per heavy atom. The van der Waals surface area contributed by atoms with E-state index in [0.29, 0.717) is 12.6 Å². The predicted octanol–water partition coefficient (Wildman–Crippen LogP) is 3.70. The molecule has 1 heterocycles. The van der Waals surface area contributed by atoms with Crippen LogP contribution >= 0.6 is 0 Å². The van der Waals surface area contributed by atoms with Gasteiger partial charge in [-0.3, -0.25) is 0 Å². The summed E-state index contributed by atoms with van der Waals surface area (Å²) in [6, 6.07) is 6.04. The van der Waals surface area contributed by atoms with Gasteiger partial charge in [-0.2, -0.15) is 0 Å². The highest BCUT2D eigenvalue weighted by Crippen LogP contribution is 2.30. The summed E-state index contributed by atoms with van der Waals surface area (Å²) < 4.78 is 14.1. The van der Waals surface area contributed by atoms with Crippen LogP contribution in [0.3, 0.4) is 0 Å². The smallest absolute Gasteiger partial charge is 0.129 e. The van der Waals surface area contributed by atoms with Crippen molar-refractivity contribution in [2.75, 3.05) is 18.0 Å². The first kappa shape index (κ1) is 14.3. The summed E-state index contributed by atoms with van der Waals surface area (Å²) in [5.41, 5.74) is 1.91. The van der Waals surface area contributed by atoms with Gasteiger partial charge >= 0.3 is 0 Å². The highest BCUT2D eigenvalue weighted by Gasteiger charge is 2.23. The Balaban J connectivity index is 2.28. The second-order valence-electron chi connectivity index (χ2n) is 5.27. The van der Waals surface area contributed by atoms with Crippen molar-refractivity contribution in [1.29, 1.82) is 0 Å².